The Morgan fingerprint density at radius 2 is 2.16 bits per heavy atom. The normalized spacial score (nSPS) is 17.0. The van der Waals surface area contributed by atoms with Crippen molar-refractivity contribution >= 4 is 17.7 Å². The first-order valence-electron chi connectivity index (χ1n) is 8.37. The van der Waals surface area contributed by atoms with Crippen molar-refractivity contribution in [2.75, 3.05) is 18.8 Å². The van der Waals surface area contributed by atoms with Crippen LogP contribution in [0.5, 0.6) is 0 Å². The monoisotopic (exact) mass is 360 g/mol. The number of para-hydroxylation sites is 1. The average molecular weight is 360 g/mol. The fraction of sp³-hybridized carbons (Fsp3) is 0.412. The Kier molecular flexibility index (Phi) is 6.09. The molecular weight excluding hydrogens is 336 g/mol. The van der Waals surface area contributed by atoms with Gasteiger partial charge in [0.15, 0.2) is 0 Å². The van der Waals surface area contributed by atoms with Crippen molar-refractivity contribution in [1.29, 1.82) is 0 Å². The molecule has 0 aliphatic carbocycles. The largest absolute Gasteiger partial charge is 0.355 e. The van der Waals surface area contributed by atoms with Crippen molar-refractivity contribution < 1.29 is 4.79 Å². The Balaban J connectivity index is 1.53. The lowest BCUT2D eigenvalue weighted by Gasteiger charge is -2.09. The van der Waals surface area contributed by atoms with Gasteiger partial charge in [-0.05, 0) is 26.0 Å². The zero-order valence-electron chi connectivity index (χ0n) is 14.5. The molecule has 4 N–H and O–H groups in total. The number of nitrogens with zero attached hydrogens (tertiary/aromatic N) is 2. The second-order valence-corrected chi connectivity index (χ2v) is 7.24. The summed E-state index contributed by atoms with van der Waals surface area (Å²) in [5, 5.41) is 7.92. The number of aryl methyl sites for hydroxylation is 1. The van der Waals surface area contributed by atoms with Crippen LogP contribution in [-0.2, 0) is 11.2 Å². The Hall–Kier alpha value is -1.87. The first-order valence-corrected chi connectivity index (χ1v) is 9.42. The van der Waals surface area contributed by atoms with Gasteiger partial charge in [-0.2, -0.15) is 10.6 Å². The van der Waals surface area contributed by atoms with Gasteiger partial charge in [-0.25, -0.2) is 15.5 Å². The number of thioether (sulfide) groups is 1. The highest BCUT2D eigenvalue weighted by Crippen LogP contribution is 2.18. The summed E-state index contributed by atoms with van der Waals surface area (Å²) >= 11 is 1.77. The van der Waals surface area contributed by atoms with E-state index in [0.29, 0.717) is 18.3 Å². The van der Waals surface area contributed by atoms with Crippen LogP contribution in [0.3, 0.4) is 0 Å². The van der Waals surface area contributed by atoms with Crippen LogP contribution in [0.15, 0.2) is 30.3 Å². The van der Waals surface area contributed by atoms with Gasteiger partial charge >= 0.3 is 0 Å². The topological polar surface area (TPSA) is 83.0 Å². The van der Waals surface area contributed by atoms with E-state index in [-0.39, 0.29) is 5.91 Å². The molecule has 1 unspecified atom stereocenters. The van der Waals surface area contributed by atoms with Gasteiger partial charge in [0.1, 0.15) is 0 Å². The van der Waals surface area contributed by atoms with Crippen molar-refractivity contribution in [2.24, 2.45) is 0 Å². The number of hydrogen-bond acceptors (Lipinski definition) is 6. The lowest BCUT2D eigenvalue weighted by molar-refractivity contribution is -0.120. The molecule has 0 saturated carbocycles. The third kappa shape index (κ3) is 4.60. The van der Waals surface area contributed by atoms with Crippen LogP contribution in [0, 0.1) is 13.8 Å². The summed E-state index contributed by atoms with van der Waals surface area (Å²) in [6.45, 7) is 5.50. The maximum Gasteiger partial charge on any atom is 0.224 e. The SMILES string of the molecule is Cc1nn(-c2ccccc2)c(C)c1CC(=O)NCCSC1CNNN1. The molecule has 0 spiro atoms. The van der Waals surface area contributed by atoms with E-state index in [2.05, 4.69) is 26.8 Å². The van der Waals surface area contributed by atoms with Crippen LogP contribution in [0.4, 0.5) is 0 Å². The third-order valence-corrected chi connectivity index (χ3v) is 5.26. The molecular formula is C17H24N6OS. The van der Waals surface area contributed by atoms with Crippen LogP contribution in [0.25, 0.3) is 5.69 Å². The lowest BCUT2D eigenvalue weighted by atomic mass is 10.1. The van der Waals surface area contributed by atoms with Gasteiger partial charge in [0.2, 0.25) is 5.91 Å². The minimum atomic E-state index is 0.0371. The van der Waals surface area contributed by atoms with Crippen molar-refractivity contribution in [1.82, 2.24) is 31.5 Å². The molecule has 1 aromatic carbocycles. The number of carbonyl (C=O) groups excluding carboxylic acids is 1. The number of carbonyl (C=O) groups is 1. The summed E-state index contributed by atoms with van der Waals surface area (Å²) in [4.78, 5) is 12.3. The molecule has 7 nitrogen and oxygen atoms in total. The molecule has 0 bridgehead atoms. The van der Waals surface area contributed by atoms with Crippen molar-refractivity contribution in [2.45, 2.75) is 25.6 Å². The highest BCUT2D eigenvalue weighted by atomic mass is 32.2. The van der Waals surface area contributed by atoms with Crippen molar-refractivity contribution in [3.05, 3.63) is 47.3 Å². The number of benzene rings is 1. The van der Waals surface area contributed by atoms with Gasteiger partial charge in [0.05, 0.1) is 23.2 Å². The molecule has 3 rings (SSSR count). The maximum absolute atomic E-state index is 12.3. The summed E-state index contributed by atoms with van der Waals surface area (Å²) in [6, 6.07) is 9.98. The zero-order valence-corrected chi connectivity index (χ0v) is 15.3. The number of aromatic nitrogens is 2. The van der Waals surface area contributed by atoms with E-state index in [9.17, 15) is 4.79 Å². The highest BCUT2D eigenvalue weighted by molar-refractivity contribution is 7.99. The van der Waals surface area contributed by atoms with Crippen LogP contribution < -0.4 is 21.7 Å². The number of amides is 1. The Morgan fingerprint density at radius 1 is 1.36 bits per heavy atom. The Bertz CT molecular complexity index is 711. The second kappa shape index (κ2) is 8.48. The first-order chi connectivity index (χ1) is 12.1. The summed E-state index contributed by atoms with van der Waals surface area (Å²) in [6.07, 6.45) is 0.361. The summed E-state index contributed by atoms with van der Waals surface area (Å²) in [5.41, 5.74) is 12.9. The van der Waals surface area contributed by atoms with Crippen LogP contribution in [-0.4, -0.2) is 39.9 Å². The van der Waals surface area contributed by atoms with Crippen molar-refractivity contribution in [3.63, 3.8) is 0 Å². The minimum Gasteiger partial charge on any atom is -0.355 e. The number of rotatable bonds is 7. The van der Waals surface area contributed by atoms with Gasteiger partial charge in [0, 0.05) is 30.1 Å². The zero-order chi connectivity index (χ0) is 17.6. The lowest BCUT2D eigenvalue weighted by Crippen LogP contribution is -2.33. The minimum absolute atomic E-state index is 0.0371. The Labute approximate surface area is 151 Å². The summed E-state index contributed by atoms with van der Waals surface area (Å²) < 4.78 is 1.90. The summed E-state index contributed by atoms with van der Waals surface area (Å²) in [5.74, 6) is 0.906. The van der Waals surface area contributed by atoms with Crippen LogP contribution in [0.1, 0.15) is 17.0 Å². The van der Waals surface area contributed by atoms with E-state index in [1.807, 2.05) is 48.9 Å². The van der Waals surface area contributed by atoms with Crippen LogP contribution >= 0.6 is 11.8 Å². The molecule has 1 aromatic heterocycles. The van der Waals surface area contributed by atoms with E-state index >= 15 is 0 Å². The van der Waals surface area contributed by atoms with Gasteiger partial charge in [-0.15, -0.1) is 11.8 Å². The second-order valence-electron chi connectivity index (χ2n) is 5.93. The highest BCUT2D eigenvalue weighted by Gasteiger charge is 2.16. The molecule has 1 aliphatic rings. The number of hydrazine groups is 2. The molecule has 8 heteroatoms. The smallest absolute Gasteiger partial charge is 0.224 e. The van der Waals surface area contributed by atoms with E-state index in [4.69, 9.17) is 0 Å². The first kappa shape index (κ1) is 17.9. The molecule has 1 amide bonds. The standard InChI is InChI=1S/C17H24N6OS/c1-12-15(13(2)23(21-12)14-6-4-3-5-7-14)10-16(24)18-8-9-25-17-11-19-22-20-17/h3-7,17,19-20,22H,8-11H2,1-2H3,(H,18,24). The van der Waals surface area contributed by atoms with E-state index in [1.165, 1.54) is 0 Å². The molecule has 134 valence electrons. The Morgan fingerprint density at radius 3 is 2.88 bits per heavy atom. The fourth-order valence-electron chi connectivity index (χ4n) is 2.79. The average Bonchev–Trinajstić information content (AvgIpc) is 3.23. The van der Waals surface area contributed by atoms with Gasteiger partial charge in [0.25, 0.3) is 0 Å². The van der Waals surface area contributed by atoms with Gasteiger partial charge in [-0.1, -0.05) is 18.2 Å². The fourth-order valence-corrected chi connectivity index (χ4v) is 3.64. The maximum atomic E-state index is 12.3. The summed E-state index contributed by atoms with van der Waals surface area (Å²) in [7, 11) is 0. The predicted molar refractivity (Wildman–Crippen MR) is 100 cm³/mol. The molecule has 1 atom stereocenters. The quantitative estimate of drug-likeness (QED) is 0.547. The van der Waals surface area contributed by atoms with E-state index < -0.39 is 0 Å². The molecule has 1 fully saturated rings. The predicted octanol–water partition coefficient (Wildman–Crippen LogP) is 0.820. The molecule has 25 heavy (non-hydrogen) atoms. The molecule has 1 saturated heterocycles. The van der Waals surface area contributed by atoms with E-state index in [1.54, 1.807) is 11.8 Å². The molecule has 1 aliphatic heterocycles. The molecule has 0 radical (unpaired) electrons. The third-order valence-electron chi connectivity index (χ3n) is 4.13. The van der Waals surface area contributed by atoms with Gasteiger partial charge in [-0.3, -0.25) is 4.79 Å². The van der Waals surface area contributed by atoms with E-state index in [0.717, 1.165) is 34.9 Å². The molecule has 2 heterocycles. The molecule has 2 aromatic rings. The van der Waals surface area contributed by atoms with Crippen molar-refractivity contribution in [3.8, 4) is 5.69 Å². The number of hydrogen-bond donors (Lipinski definition) is 4. The van der Waals surface area contributed by atoms with Crippen LogP contribution in [0.2, 0.25) is 0 Å². The van der Waals surface area contributed by atoms with Gasteiger partial charge < -0.3 is 5.32 Å². The number of nitrogens with one attached hydrogen (secondary N) is 4.